The molecule has 1 fully saturated rings. The summed E-state index contributed by atoms with van der Waals surface area (Å²) in [5.41, 5.74) is 11.7. The first kappa shape index (κ1) is 27.5. The standard InChI is InChI=1S/C39H39N3O/c1-27-9-13-30(14-10-27)32-16-15-29-5-4-6-33(24-34(29)23-32)39(43)41-35-17-11-28(12-18-35)26-42-21-19-31(20-22-42)37-25-40-38-8-3-2-7-36(37)38/h2-3,7-18,23-25,31,37H,4-6,19-22,26H2,1H3,(H,41,43). The lowest BCUT2D eigenvalue weighted by atomic mass is 9.81. The van der Waals surface area contributed by atoms with E-state index < -0.39 is 0 Å². The lowest BCUT2D eigenvalue weighted by Gasteiger charge is -2.34. The summed E-state index contributed by atoms with van der Waals surface area (Å²) in [5.74, 6) is 1.13. The first-order valence-corrected chi connectivity index (χ1v) is 15.8. The Bertz CT molecular complexity index is 1670. The minimum absolute atomic E-state index is 0.000405. The molecule has 7 rings (SSSR count). The van der Waals surface area contributed by atoms with Crippen LogP contribution in [0.1, 0.15) is 59.4 Å². The molecule has 2 aliphatic heterocycles. The molecule has 2 heterocycles. The van der Waals surface area contributed by atoms with Gasteiger partial charge in [-0.25, -0.2) is 0 Å². The van der Waals surface area contributed by atoms with Gasteiger partial charge >= 0.3 is 0 Å². The molecule has 1 N–H and O–H groups in total. The highest BCUT2D eigenvalue weighted by atomic mass is 16.1. The van der Waals surface area contributed by atoms with Crippen LogP contribution in [0.15, 0.2) is 102 Å². The summed E-state index contributed by atoms with van der Waals surface area (Å²) in [6, 6.07) is 32.3. The first-order chi connectivity index (χ1) is 21.1. The Kier molecular flexibility index (Phi) is 7.78. The van der Waals surface area contributed by atoms with Crippen molar-refractivity contribution in [3.63, 3.8) is 0 Å². The van der Waals surface area contributed by atoms with E-state index in [4.69, 9.17) is 0 Å². The van der Waals surface area contributed by atoms with Gasteiger partial charge < -0.3 is 5.32 Å². The van der Waals surface area contributed by atoms with Crippen LogP contribution in [0.4, 0.5) is 11.4 Å². The second kappa shape index (κ2) is 12.1. The molecule has 1 unspecified atom stereocenters. The Hall–Kier alpha value is -4.28. The zero-order chi connectivity index (χ0) is 29.2. The topological polar surface area (TPSA) is 44.7 Å². The van der Waals surface area contributed by atoms with Gasteiger partial charge in [0, 0.05) is 29.9 Å². The van der Waals surface area contributed by atoms with Crippen molar-refractivity contribution in [1.82, 2.24) is 4.90 Å². The van der Waals surface area contributed by atoms with Crippen LogP contribution in [0.2, 0.25) is 0 Å². The van der Waals surface area contributed by atoms with Gasteiger partial charge in [0.25, 0.3) is 5.91 Å². The normalized spacial score (nSPS) is 18.4. The smallest absolute Gasteiger partial charge is 0.251 e. The van der Waals surface area contributed by atoms with E-state index in [0.29, 0.717) is 11.8 Å². The van der Waals surface area contributed by atoms with E-state index in [2.05, 4.69) is 113 Å². The molecule has 43 heavy (non-hydrogen) atoms. The molecule has 216 valence electrons. The van der Waals surface area contributed by atoms with Crippen LogP contribution >= 0.6 is 0 Å². The number of aliphatic imine (C=N–C) groups is 1. The minimum atomic E-state index is 0.000405. The van der Waals surface area contributed by atoms with Gasteiger partial charge in [0.05, 0.1) is 5.69 Å². The molecule has 0 radical (unpaired) electrons. The number of carbonyl (C=O) groups is 1. The first-order valence-electron chi connectivity index (χ1n) is 15.8. The van der Waals surface area contributed by atoms with Gasteiger partial charge in [-0.3, -0.25) is 14.7 Å². The molecular weight excluding hydrogens is 526 g/mol. The lowest BCUT2D eigenvalue weighted by Crippen LogP contribution is -2.35. The van der Waals surface area contributed by atoms with Gasteiger partial charge in [-0.1, -0.05) is 72.3 Å². The molecule has 4 nitrogen and oxygen atoms in total. The molecule has 4 aromatic carbocycles. The van der Waals surface area contributed by atoms with Crippen molar-refractivity contribution in [3.05, 3.63) is 124 Å². The predicted molar refractivity (Wildman–Crippen MR) is 178 cm³/mol. The molecule has 0 aromatic heterocycles. The maximum atomic E-state index is 13.3. The number of hydrogen-bond donors (Lipinski definition) is 1. The van der Waals surface area contributed by atoms with Gasteiger partial charge in [0.15, 0.2) is 0 Å². The molecule has 1 saturated heterocycles. The van der Waals surface area contributed by atoms with Gasteiger partial charge in [-0.15, -0.1) is 0 Å². The highest BCUT2D eigenvalue weighted by Crippen LogP contribution is 2.40. The van der Waals surface area contributed by atoms with Gasteiger partial charge in [-0.2, -0.15) is 0 Å². The molecule has 0 bridgehead atoms. The van der Waals surface area contributed by atoms with E-state index in [1.807, 2.05) is 12.1 Å². The Labute approximate surface area is 255 Å². The number of likely N-dealkylation sites (tertiary alicyclic amines) is 1. The number of rotatable bonds is 6. The Morgan fingerprint density at radius 3 is 2.47 bits per heavy atom. The quantitative estimate of drug-likeness (QED) is 0.254. The van der Waals surface area contributed by atoms with Crippen LogP contribution in [0.3, 0.4) is 0 Å². The number of benzene rings is 4. The van der Waals surface area contributed by atoms with E-state index in [0.717, 1.165) is 61.4 Å². The van der Waals surface area contributed by atoms with Crippen molar-refractivity contribution in [2.45, 2.75) is 51.5 Å². The van der Waals surface area contributed by atoms with Crippen LogP contribution in [-0.2, 0) is 17.8 Å². The number of nitrogens with one attached hydrogen (secondary N) is 1. The van der Waals surface area contributed by atoms with Crippen LogP contribution in [0.25, 0.3) is 17.2 Å². The number of nitrogens with zero attached hydrogens (tertiary/aromatic N) is 2. The molecule has 0 spiro atoms. The second-order valence-corrected chi connectivity index (χ2v) is 12.4. The summed E-state index contributed by atoms with van der Waals surface area (Å²) in [6.45, 7) is 5.27. The number of carbonyl (C=O) groups excluding carboxylic acids is 1. The van der Waals surface area contributed by atoms with Crippen molar-refractivity contribution in [3.8, 4) is 11.1 Å². The van der Waals surface area contributed by atoms with Crippen LogP contribution in [-0.4, -0.2) is 30.1 Å². The third-order valence-electron chi connectivity index (χ3n) is 9.47. The van der Waals surface area contributed by atoms with E-state index >= 15 is 0 Å². The van der Waals surface area contributed by atoms with E-state index in [1.54, 1.807) is 0 Å². The molecular formula is C39H39N3O. The summed E-state index contributed by atoms with van der Waals surface area (Å²) in [7, 11) is 0. The van der Waals surface area contributed by atoms with Crippen molar-refractivity contribution < 1.29 is 4.79 Å². The molecule has 4 aromatic rings. The van der Waals surface area contributed by atoms with Crippen LogP contribution in [0, 0.1) is 12.8 Å². The van der Waals surface area contributed by atoms with Crippen molar-refractivity contribution in [2.75, 3.05) is 18.4 Å². The van der Waals surface area contributed by atoms with Gasteiger partial charge in [0.1, 0.15) is 0 Å². The summed E-state index contributed by atoms with van der Waals surface area (Å²) in [4.78, 5) is 20.6. The van der Waals surface area contributed by atoms with E-state index in [9.17, 15) is 4.79 Å². The fourth-order valence-corrected chi connectivity index (χ4v) is 6.93. The Morgan fingerprint density at radius 2 is 1.65 bits per heavy atom. The van der Waals surface area contributed by atoms with Gasteiger partial charge in [-0.05, 0) is 122 Å². The monoisotopic (exact) mass is 565 g/mol. The number of amides is 1. The number of anilines is 1. The maximum absolute atomic E-state index is 13.3. The molecule has 1 atom stereocenters. The summed E-state index contributed by atoms with van der Waals surface area (Å²) >= 11 is 0. The largest absolute Gasteiger partial charge is 0.322 e. The number of aryl methyl sites for hydroxylation is 2. The Morgan fingerprint density at radius 1 is 0.884 bits per heavy atom. The van der Waals surface area contributed by atoms with Crippen molar-refractivity contribution in [2.24, 2.45) is 10.9 Å². The number of fused-ring (bicyclic) bond motifs is 2. The van der Waals surface area contributed by atoms with Gasteiger partial charge in [0.2, 0.25) is 0 Å². The number of para-hydroxylation sites is 1. The van der Waals surface area contributed by atoms with E-state index in [1.165, 1.54) is 46.2 Å². The minimum Gasteiger partial charge on any atom is -0.322 e. The lowest BCUT2D eigenvalue weighted by molar-refractivity contribution is -0.112. The summed E-state index contributed by atoms with van der Waals surface area (Å²) < 4.78 is 0. The summed E-state index contributed by atoms with van der Waals surface area (Å²) in [5, 5.41) is 3.17. The zero-order valence-corrected chi connectivity index (χ0v) is 24.9. The summed E-state index contributed by atoms with van der Waals surface area (Å²) in [6.07, 6.45) is 9.42. The molecule has 0 saturated carbocycles. The fourth-order valence-electron chi connectivity index (χ4n) is 6.93. The molecule has 1 amide bonds. The SMILES string of the molecule is Cc1ccc(-c2ccc3c(c2)C=C(C(=O)Nc2ccc(CN4CCC(C5C=Nc6ccccc65)CC4)cc2)CCC3)cc1. The highest BCUT2D eigenvalue weighted by Gasteiger charge is 2.30. The molecule has 4 heteroatoms. The zero-order valence-electron chi connectivity index (χ0n) is 24.9. The average molecular weight is 566 g/mol. The Balaban J connectivity index is 0.957. The third kappa shape index (κ3) is 6.11. The number of hydrogen-bond acceptors (Lipinski definition) is 3. The number of piperidine rings is 1. The van der Waals surface area contributed by atoms with Crippen molar-refractivity contribution in [1.29, 1.82) is 0 Å². The van der Waals surface area contributed by atoms with Crippen LogP contribution < -0.4 is 5.32 Å². The predicted octanol–water partition coefficient (Wildman–Crippen LogP) is 8.73. The second-order valence-electron chi connectivity index (χ2n) is 12.4. The molecule has 1 aliphatic carbocycles. The van der Waals surface area contributed by atoms with E-state index in [-0.39, 0.29) is 5.91 Å². The van der Waals surface area contributed by atoms with Crippen molar-refractivity contribution >= 4 is 29.6 Å². The van der Waals surface area contributed by atoms with Crippen LogP contribution in [0.5, 0.6) is 0 Å². The maximum Gasteiger partial charge on any atom is 0.251 e. The average Bonchev–Trinajstić information content (AvgIpc) is 3.35. The molecule has 3 aliphatic rings. The highest BCUT2D eigenvalue weighted by molar-refractivity contribution is 6.07. The fraction of sp³-hybridized carbons (Fsp3) is 0.282. The third-order valence-corrected chi connectivity index (χ3v) is 9.47.